The molecule has 1 saturated heterocycles. The highest BCUT2D eigenvalue weighted by atomic mass is 16.3. The predicted octanol–water partition coefficient (Wildman–Crippen LogP) is 1.41. The molecule has 2 aromatic rings. The van der Waals surface area contributed by atoms with Gasteiger partial charge in [0.2, 0.25) is 0 Å². The molecule has 130 valence electrons. The van der Waals surface area contributed by atoms with Crippen LogP contribution in [0, 0.1) is 0 Å². The molecule has 0 saturated carbocycles. The van der Waals surface area contributed by atoms with E-state index < -0.39 is 0 Å². The lowest BCUT2D eigenvalue weighted by Gasteiger charge is -2.32. The van der Waals surface area contributed by atoms with Crippen molar-refractivity contribution in [3.63, 3.8) is 0 Å². The maximum absolute atomic E-state index is 8.84. The van der Waals surface area contributed by atoms with Gasteiger partial charge in [0.1, 0.15) is 0 Å². The fourth-order valence-corrected chi connectivity index (χ4v) is 3.15. The van der Waals surface area contributed by atoms with Crippen molar-refractivity contribution in [1.82, 2.24) is 25.2 Å². The quantitative estimate of drug-likeness (QED) is 0.767. The van der Waals surface area contributed by atoms with Gasteiger partial charge in [-0.3, -0.25) is 9.58 Å². The van der Waals surface area contributed by atoms with Gasteiger partial charge < -0.3 is 10.4 Å². The van der Waals surface area contributed by atoms with Crippen LogP contribution in [0.1, 0.15) is 30.5 Å². The highest BCUT2D eigenvalue weighted by Crippen LogP contribution is 2.14. The van der Waals surface area contributed by atoms with Gasteiger partial charge in [0.25, 0.3) is 0 Å². The minimum Gasteiger partial charge on any atom is -0.396 e. The van der Waals surface area contributed by atoms with E-state index in [9.17, 15) is 0 Å². The van der Waals surface area contributed by atoms with Crippen LogP contribution in [0.15, 0.2) is 36.5 Å². The number of nitrogens with one attached hydrogen (secondary N) is 1. The lowest BCUT2D eigenvalue weighted by molar-refractivity contribution is 0.190. The Labute approximate surface area is 143 Å². The summed E-state index contributed by atoms with van der Waals surface area (Å²) >= 11 is 0. The Hall–Kier alpha value is -1.76. The number of aliphatic hydroxyl groups is 1. The van der Waals surface area contributed by atoms with Gasteiger partial charge in [-0.25, -0.2) is 0 Å². The number of benzene rings is 1. The first-order valence-corrected chi connectivity index (χ1v) is 8.83. The first-order valence-electron chi connectivity index (χ1n) is 8.83. The maximum Gasteiger partial charge on any atom is 0.0964 e. The number of piperidine rings is 1. The molecular weight excluding hydrogens is 302 g/mol. The predicted molar refractivity (Wildman–Crippen MR) is 93.3 cm³/mol. The SMILES string of the molecule is OCCCn1cc(CNC2CCN(Cc3ccccc3)CC2)nn1. The normalized spacial score (nSPS) is 16.5. The van der Waals surface area contributed by atoms with Crippen molar-refractivity contribution in [3.05, 3.63) is 47.8 Å². The molecule has 1 aromatic heterocycles. The van der Waals surface area contributed by atoms with Gasteiger partial charge in [0.15, 0.2) is 0 Å². The number of aryl methyl sites for hydroxylation is 1. The largest absolute Gasteiger partial charge is 0.396 e. The molecule has 0 spiro atoms. The van der Waals surface area contributed by atoms with Crippen molar-refractivity contribution < 1.29 is 5.11 Å². The van der Waals surface area contributed by atoms with Gasteiger partial charge in [-0.2, -0.15) is 0 Å². The Morgan fingerprint density at radius 3 is 2.71 bits per heavy atom. The molecule has 0 bridgehead atoms. The topological polar surface area (TPSA) is 66.2 Å². The lowest BCUT2D eigenvalue weighted by Crippen LogP contribution is -2.41. The van der Waals surface area contributed by atoms with E-state index >= 15 is 0 Å². The second-order valence-electron chi connectivity index (χ2n) is 6.47. The summed E-state index contributed by atoms with van der Waals surface area (Å²) in [5.74, 6) is 0. The lowest BCUT2D eigenvalue weighted by atomic mass is 10.0. The molecule has 1 aliphatic heterocycles. The van der Waals surface area contributed by atoms with E-state index in [2.05, 4.69) is 50.9 Å². The molecule has 1 aromatic carbocycles. The van der Waals surface area contributed by atoms with Gasteiger partial charge in [-0.15, -0.1) is 5.10 Å². The van der Waals surface area contributed by atoms with Crippen LogP contribution < -0.4 is 5.32 Å². The van der Waals surface area contributed by atoms with E-state index in [1.54, 1.807) is 4.68 Å². The second kappa shape index (κ2) is 8.92. The average Bonchev–Trinajstić information content (AvgIpc) is 3.08. The van der Waals surface area contributed by atoms with Gasteiger partial charge in [-0.05, 0) is 37.9 Å². The summed E-state index contributed by atoms with van der Waals surface area (Å²) < 4.78 is 1.80. The molecule has 6 nitrogen and oxygen atoms in total. The summed E-state index contributed by atoms with van der Waals surface area (Å²) in [6.45, 7) is 5.00. The third-order valence-electron chi connectivity index (χ3n) is 4.54. The van der Waals surface area contributed by atoms with Crippen LogP contribution in [0.25, 0.3) is 0 Å². The van der Waals surface area contributed by atoms with E-state index in [0.717, 1.165) is 44.8 Å². The molecule has 1 fully saturated rings. The first-order chi connectivity index (χ1) is 11.8. The summed E-state index contributed by atoms with van der Waals surface area (Å²) in [5.41, 5.74) is 2.36. The minimum atomic E-state index is 0.189. The maximum atomic E-state index is 8.84. The van der Waals surface area contributed by atoms with E-state index in [1.165, 1.54) is 18.4 Å². The van der Waals surface area contributed by atoms with Gasteiger partial charge >= 0.3 is 0 Å². The summed E-state index contributed by atoms with van der Waals surface area (Å²) in [4.78, 5) is 2.53. The Morgan fingerprint density at radius 1 is 1.17 bits per heavy atom. The molecule has 0 aliphatic carbocycles. The van der Waals surface area contributed by atoms with Crippen LogP contribution in [0.3, 0.4) is 0 Å². The van der Waals surface area contributed by atoms with Crippen molar-refractivity contribution in [2.45, 2.75) is 44.9 Å². The van der Waals surface area contributed by atoms with Gasteiger partial charge in [0.05, 0.1) is 5.69 Å². The summed E-state index contributed by atoms with van der Waals surface area (Å²) in [5, 5.41) is 20.7. The van der Waals surface area contributed by atoms with Crippen molar-refractivity contribution >= 4 is 0 Å². The van der Waals surface area contributed by atoms with Gasteiger partial charge in [0, 0.05) is 38.5 Å². The van der Waals surface area contributed by atoms with Crippen LogP contribution in [0.2, 0.25) is 0 Å². The van der Waals surface area contributed by atoms with E-state index in [0.29, 0.717) is 6.04 Å². The first kappa shape index (κ1) is 17.1. The van der Waals surface area contributed by atoms with Crippen LogP contribution in [0.5, 0.6) is 0 Å². The van der Waals surface area contributed by atoms with Crippen molar-refractivity contribution in [3.8, 4) is 0 Å². The number of aromatic nitrogens is 3. The number of rotatable bonds is 8. The summed E-state index contributed by atoms with van der Waals surface area (Å²) in [6.07, 6.45) is 5.03. The van der Waals surface area contributed by atoms with Crippen molar-refractivity contribution in [2.75, 3.05) is 19.7 Å². The molecule has 3 rings (SSSR count). The Morgan fingerprint density at radius 2 is 1.96 bits per heavy atom. The number of likely N-dealkylation sites (tertiary alicyclic amines) is 1. The zero-order chi connectivity index (χ0) is 16.6. The molecule has 24 heavy (non-hydrogen) atoms. The van der Waals surface area contributed by atoms with E-state index in [1.807, 2.05) is 6.20 Å². The molecule has 2 N–H and O–H groups in total. The highest BCUT2D eigenvalue weighted by molar-refractivity contribution is 5.14. The van der Waals surface area contributed by atoms with Crippen molar-refractivity contribution in [1.29, 1.82) is 0 Å². The number of nitrogens with zero attached hydrogens (tertiary/aromatic N) is 4. The highest BCUT2D eigenvalue weighted by Gasteiger charge is 2.19. The minimum absolute atomic E-state index is 0.189. The zero-order valence-corrected chi connectivity index (χ0v) is 14.1. The molecule has 2 heterocycles. The third-order valence-corrected chi connectivity index (χ3v) is 4.54. The smallest absolute Gasteiger partial charge is 0.0964 e. The van der Waals surface area contributed by atoms with Crippen LogP contribution in [0.4, 0.5) is 0 Å². The summed E-state index contributed by atoms with van der Waals surface area (Å²) in [6, 6.07) is 11.2. The number of hydrogen-bond donors (Lipinski definition) is 2. The second-order valence-corrected chi connectivity index (χ2v) is 6.47. The fraction of sp³-hybridized carbons (Fsp3) is 0.556. The molecule has 0 radical (unpaired) electrons. The standard InChI is InChI=1S/C18H27N5O/c24-12-4-9-23-15-18(20-21-23)13-19-17-7-10-22(11-8-17)14-16-5-2-1-3-6-16/h1-3,5-6,15,17,19,24H,4,7-14H2. The fourth-order valence-electron chi connectivity index (χ4n) is 3.15. The average molecular weight is 329 g/mol. The van der Waals surface area contributed by atoms with Crippen LogP contribution >= 0.6 is 0 Å². The zero-order valence-electron chi connectivity index (χ0n) is 14.1. The molecule has 6 heteroatoms. The molecular formula is C18H27N5O. The molecule has 0 atom stereocenters. The Balaban J connectivity index is 1.37. The third kappa shape index (κ3) is 5.12. The number of hydrogen-bond acceptors (Lipinski definition) is 5. The molecule has 0 amide bonds. The summed E-state index contributed by atoms with van der Waals surface area (Å²) in [7, 11) is 0. The Kier molecular flexibility index (Phi) is 6.34. The number of aliphatic hydroxyl groups excluding tert-OH is 1. The Bertz CT molecular complexity index is 592. The van der Waals surface area contributed by atoms with Gasteiger partial charge in [-0.1, -0.05) is 35.5 Å². The monoisotopic (exact) mass is 329 g/mol. The molecule has 0 unspecified atom stereocenters. The van der Waals surface area contributed by atoms with Crippen LogP contribution in [-0.4, -0.2) is 50.7 Å². The van der Waals surface area contributed by atoms with E-state index in [4.69, 9.17) is 5.11 Å². The van der Waals surface area contributed by atoms with Crippen molar-refractivity contribution in [2.24, 2.45) is 0 Å². The van der Waals surface area contributed by atoms with E-state index in [-0.39, 0.29) is 6.61 Å². The molecule has 1 aliphatic rings. The van der Waals surface area contributed by atoms with Crippen LogP contribution in [-0.2, 0) is 19.6 Å².